The van der Waals surface area contributed by atoms with E-state index in [2.05, 4.69) is 4.98 Å². The van der Waals surface area contributed by atoms with Crippen LogP contribution < -0.4 is 0 Å². The van der Waals surface area contributed by atoms with Gasteiger partial charge in [-0.1, -0.05) is 6.92 Å². The van der Waals surface area contributed by atoms with Crippen molar-refractivity contribution in [1.29, 1.82) is 0 Å². The number of pyridine rings is 1. The average molecular weight is 292 g/mol. The third-order valence-electron chi connectivity index (χ3n) is 3.45. The lowest BCUT2D eigenvalue weighted by molar-refractivity contribution is -0.158. The van der Waals surface area contributed by atoms with Crippen molar-refractivity contribution in [2.24, 2.45) is 5.41 Å². The van der Waals surface area contributed by atoms with Gasteiger partial charge in [-0.2, -0.15) is 0 Å². The van der Waals surface area contributed by atoms with E-state index in [1.54, 1.807) is 33.2 Å². The van der Waals surface area contributed by atoms with Crippen molar-refractivity contribution in [1.82, 2.24) is 9.88 Å². The number of carbonyl (C=O) groups is 2. The molecule has 1 heterocycles. The fourth-order valence-electron chi connectivity index (χ4n) is 1.85. The molecule has 5 heteroatoms. The molecule has 5 nitrogen and oxygen atoms in total. The second kappa shape index (κ2) is 7.88. The first kappa shape index (κ1) is 17.3. The van der Waals surface area contributed by atoms with Gasteiger partial charge in [0.2, 0.25) is 0 Å². The van der Waals surface area contributed by atoms with E-state index < -0.39 is 11.4 Å². The summed E-state index contributed by atoms with van der Waals surface area (Å²) in [5.74, 6) is -0.591. The van der Waals surface area contributed by atoms with Crippen LogP contribution in [0.3, 0.4) is 0 Å². The minimum absolute atomic E-state index is 0.128. The summed E-state index contributed by atoms with van der Waals surface area (Å²) in [6, 6.07) is 3.84. The van der Waals surface area contributed by atoms with Gasteiger partial charge >= 0.3 is 5.97 Å². The molecule has 0 bridgehead atoms. The SMILES string of the molecule is CCOC(=O)C(C)(C)C(=O)CN(CC)Cc1ccncc1. The van der Waals surface area contributed by atoms with Crippen LogP contribution in [0.25, 0.3) is 0 Å². The van der Waals surface area contributed by atoms with E-state index in [-0.39, 0.29) is 18.9 Å². The van der Waals surface area contributed by atoms with Crippen LogP contribution in [-0.2, 0) is 20.9 Å². The number of hydrogen-bond acceptors (Lipinski definition) is 5. The topological polar surface area (TPSA) is 59.5 Å². The highest BCUT2D eigenvalue weighted by atomic mass is 16.5. The molecule has 0 aliphatic rings. The first-order valence-electron chi connectivity index (χ1n) is 7.23. The van der Waals surface area contributed by atoms with Crippen LogP contribution in [0.1, 0.15) is 33.3 Å². The average Bonchev–Trinajstić information content (AvgIpc) is 2.47. The first-order chi connectivity index (χ1) is 9.91. The second-order valence-electron chi connectivity index (χ2n) is 5.43. The van der Waals surface area contributed by atoms with Gasteiger partial charge in [-0.25, -0.2) is 0 Å². The van der Waals surface area contributed by atoms with E-state index >= 15 is 0 Å². The molecule has 21 heavy (non-hydrogen) atoms. The van der Waals surface area contributed by atoms with Gasteiger partial charge in [0.05, 0.1) is 13.2 Å². The molecule has 0 amide bonds. The Bertz CT molecular complexity index is 472. The van der Waals surface area contributed by atoms with Crippen molar-refractivity contribution < 1.29 is 14.3 Å². The highest BCUT2D eigenvalue weighted by molar-refractivity contribution is 6.03. The summed E-state index contributed by atoms with van der Waals surface area (Å²) >= 11 is 0. The number of carbonyl (C=O) groups excluding carboxylic acids is 2. The Labute approximate surface area is 126 Å². The lowest BCUT2D eigenvalue weighted by Gasteiger charge is -2.26. The van der Waals surface area contributed by atoms with Gasteiger partial charge < -0.3 is 4.74 Å². The molecule has 1 aromatic heterocycles. The zero-order valence-electron chi connectivity index (χ0n) is 13.3. The van der Waals surface area contributed by atoms with Gasteiger partial charge in [-0.05, 0) is 45.0 Å². The lowest BCUT2D eigenvalue weighted by Crippen LogP contribution is -2.42. The van der Waals surface area contributed by atoms with E-state index in [1.807, 2.05) is 24.0 Å². The smallest absolute Gasteiger partial charge is 0.319 e. The molecule has 0 fully saturated rings. The third-order valence-corrected chi connectivity index (χ3v) is 3.45. The van der Waals surface area contributed by atoms with Crippen LogP contribution in [0.4, 0.5) is 0 Å². The normalized spacial score (nSPS) is 11.5. The van der Waals surface area contributed by atoms with E-state index in [0.717, 1.165) is 12.1 Å². The highest BCUT2D eigenvalue weighted by Crippen LogP contribution is 2.20. The van der Waals surface area contributed by atoms with E-state index in [4.69, 9.17) is 4.74 Å². The number of rotatable bonds is 8. The van der Waals surface area contributed by atoms with Crippen molar-refractivity contribution in [3.05, 3.63) is 30.1 Å². The Morgan fingerprint density at radius 1 is 1.24 bits per heavy atom. The molecular weight excluding hydrogens is 268 g/mol. The number of Topliss-reactive ketones (excluding diaryl/α,β-unsaturated/α-hetero) is 1. The standard InChI is InChI=1S/C16H24N2O3/c1-5-18(11-13-7-9-17-10-8-13)12-14(19)16(3,4)15(20)21-6-2/h7-10H,5-6,11-12H2,1-4H3. The minimum atomic E-state index is -1.11. The van der Waals surface area contributed by atoms with Crippen molar-refractivity contribution in [3.8, 4) is 0 Å². The summed E-state index contributed by atoms with van der Waals surface area (Å²) in [7, 11) is 0. The molecule has 0 aromatic carbocycles. The molecule has 0 spiro atoms. The van der Waals surface area contributed by atoms with Gasteiger partial charge in [-0.3, -0.25) is 19.5 Å². The Morgan fingerprint density at radius 3 is 2.38 bits per heavy atom. The predicted octanol–water partition coefficient (Wildman–Crippen LogP) is 2.06. The summed E-state index contributed by atoms with van der Waals surface area (Å²) in [6.45, 7) is 8.86. The fourth-order valence-corrected chi connectivity index (χ4v) is 1.85. The van der Waals surface area contributed by atoms with Crippen molar-refractivity contribution in [2.45, 2.75) is 34.2 Å². The summed E-state index contributed by atoms with van der Waals surface area (Å²) in [4.78, 5) is 30.2. The molecule has 0 saturated heterocycles. The Balaban J connectivity index is 2.68. The van der Waals surface area contributed by atoms with Crippen LogP contribution in [0.2, 0.25) is 0 Å². The van der Waals surface area contributed by atoms with Crippen molar-refractivity contribution in [2.75, 3.05) is 19.7 Å². The zero-order chi connectivity index (χ0) is 15.9. The van der Waals surface area contributed by atoms with Crippen molar-refractivity contribution >= 4 is 11.8 Å². The third kappa shape index (κ3) is 4.93. The number of hydrogen-bond donors (Lipinski definition) is 0. The molecule has 0 unspecified atom stereocenters. The molecule has 0 N–H and O–H groups in total. The molecule has 0 radical (unpaired) electrons. The highest BCUT2D eigenvalue weighted by Gasteiger charge is 2.37. The number of ketones is 1. The molecule has 1 aromatic rings. The van der Waals surface area contributed by atoms with E-state index in [9.17, 15) is 9.59 Å². The summed E-state index contributed by atoms with van der Waals surface area (Å²) in [6.07, 6.45) is 3.46. The maximum Gasteiger partial charge on any atom is 0.319 e. The maximum atomic E-state index is 12.4. The molecule has 0 aliphatic carbocycles. The van der Waals surface area contributed by atoms with E-state index in [0.29, 0.717) is 6.54 Å². The fraction of sp³-hybridized carbons (Fsp3) is 0.562. The number of likely N-dealkylation sites (N-methyl/N-ethyl adjacent to an activating group) is 1. The van der Waals surface area contributed by atoms with Crippen LogP contribution in [0, 0.1) is 5.41 Å². The molecule has 0 aliphatic heterocycles. The molecule has 0 atom stereocenters. The van der Waals surface area contributed by atoms with Crippen molar-refractivity contribution in [3.63, 3.8) is 0 Å². The van der Waals surface area contributed by atoms with Crippen LogP contribution >= 0.6 is 0 Å². The lowest BCUT2D eigenvalue weighted by atomic mass is 9.87. The van der Waals surface area contributed by atoms with Crippen LogP contribution in [0.15, 0.2) is 24.5 Å². The van der Waals surface area contributed by atoms with Gasteiger partial charge in [0.25, 0.3) is 0 Å². The number of nitrogens with zero attached hydrogens (tertiary/aromatic N) is 2. The Kier molecular flexibility index (Phi) is 6.49. The van der Waals surface area contributed by atoms with Gasteiger partial charge in [0.15, 0.2) is 5.78 Å². The van der Waals surface area contributed by atoms with Gasteiger partial charge in [-0.15, -0.1) is 0 Å². The Hall–Kier alpha value is -1.75. The summed E-state index contributed by atoms with van der Waals surface area (Å²) in [5, 5.41) is 0. The maximum absolute atomic E-state index is 12.4. The van der Waals surface area contributed by atoms with Crippen LogP contribution in [0.5, 0.6) is 0 Å². The van der Waals surface area contributed by atoms with Gasteiger partial charge in [0.1, 0.15) is 5.41 Å². The largest absolute Gasteiger partial charge is 0.465 e. The predicted molar refractivity (Wildman–Crippen MR) is 80.6 cm³/mol. The monoisotopic (exact) mass is 292 g/mol. The molecule has 1 rings (SSSR count). The van der Waals surface area contributed by atoms with E-state index in [1.165, 1.54) is 0 Å². The first-order valence-corrected chi connectivity index (χ1v) is 7.23. The second-order valence-corrected chi connectivity index (χ2v) is 5.43. The quantitative estimate of drug-likeness (QED) is 0.542. The molecule has 0 saturated carbocycles. The van der Waals surface area contributed by atoms with Gasteiger partial charge in [0, 0.05) is 18.9 Å². The minimum Gasteiger partial charge on any atom is -0.465 e. The number of ether oxygens (including phenoxy) is 1. The molecular formula is C16H24N2O3. The molecule has 116 valence electrons. The summed E-state index contributed by atoms with van der Waals surface area (Å²) in [5.41, 5.74) is -0.0182. The Morgan fingerprint density at radius 2 is 1.86 bits per heavy atom. The number of esters is 1. The number of aromatic nitrogens is 1. The zero-order valence-corrected chi connectivity index (χ0v) is 13.3. The van der Waals surface area contributed by atoms with Crippen LogP contribution in [-0.4, -0.2) is 41.3 Å². The summed E-state index contributed by atoms with van der Waals surface area (Å²) < 4.78 is 4.97.